The fraction of sp³-hybridized carbons (Fsp3) is 0.389. The van der Waals surface area contributed by atoms with Crippen molar-refractivity contribution in [2.75, 3.05) is 34.8 Å². The number of halogens is 3. The summed E-state index contributed by atoms with van der Waals surface area (Å²) in [6.45, 7) is 0.520. The first kappa shape index (κ1) is 20.8. The van der Waals surface area contributed by atoms with E-state index in [1.165, 1.54) is 23.4 Å². The van der Waals surface area contributed by atoms with Crippen molar-refractivity contribution in [2.45, 2.75) is 24.7 Å². The van der Waals surface area contributed by atoms with Crippen molar-refractivity contribution in [1.82, 2.24) is 20.3 Å². The average Bonchev–Trinajstić information content (AvgIpc) is 3.15. The van der Waals surface area contributed by atoms with Gasteiger partial charge in [-0.2, -0.15) is 13.2 Å². The summed E-state index contributed by atoms with van der Waals surface area (Å²) in [6, 6.07) is 1.76. The third-order valence-electron chi connectivity index (χ3n) is 5.09. The van der Waals surface area contributed by atoms with Gasteiger partial charge < -0.3 is 16.0 Å². The van der Waals surface area contributed by atoms with Crippen LogP contribution in [0.5, 0.6) is 0 Å². The fourth-order valence-corrected chi connectivity index (χ4v) is 3.53. The maximum absolute atomic E-state index is 13.0. The quantitative estimate of drug-likeness (QED) is 0.655. The summed E-state index contributed by atoms with van der Waals surface area (Å²) in [5.41, 5.74) is 5.56. The molecule has 13 heteroatoms. The third-order valence-corrected chi connectivity index (χ3v) is 5.09. The van der Waals surface area contributed by atoms with Crippen molar-refractivity contribution in [1.29, 1.82) is 0 Å². The molecule has 0 spiro atoms. The van der Waals surface area contributed by atoms with Crippen LogP contribution in [0.3, 0.4) is 0 Å². The van der Waals surface area contributed by atoms with Crippen molar-refractivity contribution in [3.05, 3.63) is 36.3 Å². The van der Waals surface area contributed by atoms with E-state index < -0.39 is 30.7 Å². The average molecular weight is 436 g/mol. The Hall–Kier alpha value is -3.48. The Balaban J connectivity index is 1.57. The molecule has 10 nitrogen and oxygen atoms in total. The zero-order chi connectivity index (χ0) is 22.2. The molecule has 2 aliphatic rings. The van der Waals surface area contributed by atoms with E-state index in [2.05, 4.69) is 25.6 Å². The van der Waals surface area contributed by atoms with Crippen molar-refractivity contribution >= 4 is 29.4 Å². The number of rotatable bonds is 4. The summed E-state index contributed by atoms with van der Waals surface area (Å²) >= 11 is 0. The van der Waals surface area contributed by atoms with E-state index in [9.17, 15) is 22.8 Å². The monoisotopic (exact) mass is 436 g/mol. The van der Waals surface area contributed by atoms with Crippen LogP contribution in [0.1, 0.15) is 16.9 Å². The lowest BCUT2D eigenvalue weighted by atomic mass is 10.1. The molecular formula is C18H19F3N8O2. The minimum Gasteiger partial charge on any atom is -0.366 e. The number of aromatic nitrogens is 3. The predicted molar refractivity (Wildman–Crippen MR) is 105 cm³/mol. The van der Waals surface area contributed by atoms with Crippen molar-refractivity contribution in [2.24, 2.45) is 5.73 Å². The first-order valence-electron chi connectivity index (χ1n) is 9.48. The lowest BCUT2D eigenvalue weighted by molar-refractivity contribution is -0.146. The van der Waals surface area contributed by atoms with Crippen molar-refractivity contribution < 1.29 is 22.8 Å². The number of nitrogens with two attached hydrogens (primary N) is 1. The molecule has 1 fully saturated rings. The molecule has 0 radical (unpaired) electrons. The van der Waals surface area contributed by atoms with Crippen LogP contribution in [-0.2, 0) is 0 Å². The van der Waals surface area contributed by atoms with Gasteiger partial charge in [0.2, 0.25) is 5.95 Å². The number of carbonyl (C=O) groups excluding carboxylic acids is 2. The highest BCUT2D eigenvalue weighted by Gasteiger charge is 2.41. The molecule has 4 N–H and O–H groups in total. The molecule has 3 amide bonds. The van der Waals surface area contributed by atoms with Crippen LogP contribution < -0.4 is 26.2 Å². The molecule has 0 saturated carbocycles. The van der Waals surface area contributed by atoms with Gasteiger partial charge in [0.05, 0.1) is 11.7 Å². The number of alkyl halides is 3. The molecule has 4 heterocycles. The summed E-state index contributed by atoms with van der Waals surface area (Å²) in [7, 11) is 0. The fourth-order valence-electron chi connectivity index (χ4n) is 3.53. The van der Waals surface area contributed by atoms with Crippen LogP contribution in [-0.4, -0.2) is 64.8 Å². The van der Waals surface area contributed by atoms with Crippen LogP contribution in [0.2, 0.25) is 0 Å². The Kier molecular flexibility index (Phi) is 5.35. The molecule has 164 valence electrons. The summed E-state index contributed by atoms with van der Waals surface area (Å²) in [5, 5.41) is 4.74. The number of hydrogen-bond acceptors (Lipinski definition) is 7. The summed E-state index contributed by atoms with van der Waals surface area (Å²) < 4.78 is 37.7. The second kappa shape index (κ2) is 7.98. The number of hydrogen-bond donors (Lipinski definition) is 3. The Morgan fingerprint density at radius 3 is 2.71 bits per heavy atom. The highest BCUT2D eigenvalue weighted by atomic mass is 19.4. The molecule has 0 aromatic carbocycles. The van der Waals surface area contributed by atoms with Crippen LogP contribution in [0.4, 0.5) is 35.4 Å². The number of fused-ring (bicyclic) bond motifs is 4. The molecule has 0 aliphatic carbocycles. The first-order valence-corrected chi connectivity index (χ1v) is 9.48. The van der Waals surface area contributed by atoms with Gasteiger partial charge in [0.15, 0.2) is 5.82 Å². The van der Waals surface area contributed by atoms with Crippen molar-refractivity contribution in [3.63, 3.8) is 0 Å². The van der Waals surface area contributed by atoms with Gasteiger partial charge in [0.25, 0.3) is 5.91 Å². The highest BCUT2D eigenvalue weighted by molar-refractivity contribution is 6.04. The van der Waals surface area contributed by atoms with E-state index in [4.69, 9.17) is 5.73 Å². The Morgan fingerprint density at radius 1 is 1.26 bits per heavy atom. The third kappa shape index (κ3) is 4.21. The molecule has 1 unspecified atom stereocenters. The summed E-state index contributed by atoms with van der Waals surface area (Å²) in [6.07, 6.45) is -0.967. The minimum atomic E-state index is -4.63. The maximum atomic E-state index is 13.0. The van der Waals surface area contributed by atoms with Crippen LogP contribution in [0.15, 0.2) is 30.6 Å². The number of nitrogens with one attached hydrogen (secondary N) is 2. The molecule has 2 aliphatic heterocycles. The van der Waals surface area contributed by atoms with Gasteiger partial charge in [-0.15, -0.1) is 0 Å². The molecule has 31 heavy (non-hydrogen) atoms. The van der Waals surface area contributed by atoms with Crippen molar-refractivity contribution in [3.8, 4) is 0 Å². The van der Waals surface area contributed by atoms with E-state index in [0.717, 1.165) is 0 Å². The molecule has 2 aromatic rings. The molecular weight excluding hydrogens is 417 g/mol. The Bertz CT molecular complexity index is 988. The molecule has 2 aromatic heterocycles. The lowest BCUT2D eigenvalue weighted by Crippen LogP contribution is -2.49. The number of pyridine rings is 1. The minimum absolute atomic E-state index is 0.115. The van der Waals surface area contributed by atoms with Gasteiger partial charge in [-0.3, -0.25) is 15.0 Å². The molecule has 2 atom stereocenters. The lowest BCUT2D eigenvalue weighted by Gasteiger charge is -2.35. The van der Waals surface area contributed by atoms with E-state index in [0.29, 0.717) is 25.2 Å². The van der Waals surface area contributed by atoms with Gasteiger partial charge in [0, 0.05) is 32.0 Å². The van der Waals surface area contributed by atoms with Crippen LogP contribution >= 0.6 is 0 Å². The predicted octanol–water partition coefficient (Wildman–Crippen LogP) is 1.12. The van der Waals surface area contributed by atoms with Gasteiger partial charge in [-0.05, 0) is 24.6 Å². The van der Waals surface area contributed by atoms with Crippen LogP contribution in [0, 0.1) is 0 Å². The zero-order valence-corrected chi connectivity index (χ0v) is 16.1. The van der Waals surface area contributed by atoms with Crippen LogP contribution in [0.25, 0.3) is 0 Å². The molecule has 4 rings (SSSR count). The zero-order valence-electron chi connectivity index (χ0n) is 16.1. The smallest absolute Gasteiger partial charge is 0.366 e. The number of carbonyl (C=O) groups is 2. The van der Waals surface area contributed by atoms with E-state index in [-0.39, 0.29) is 23.5 Å². The summed E-state index contributed by atoms with van der Waals surface area (Å²) in [5.74, 6) is -0.457. The van der Waals surface area contributed by atoms with E-state index in [1.54, 1.807) is 12.1 Å². The van der Waals surface area contributed by atoms with Gasteiger partial charge in [0.1, 0.15) is 11.7 Å². The highest BCUT2D eigenvalue weighted by Crippen LogP contribution is 2.39. The normalized spacial score (nSPS) is 18.4. The van der Waals surface area contributed by atoms with Gasteiger partial charge in [-0.25, -0.2) is 19.7 Å². The second-order valence-electron chi connectivity index (χ2n) is 7.16. The summed E-state index contributed by atoms with van der Waals surface area (Å²) in [4.78, 5) is 41.0. The standard InChI is InChI=1S/C18H19F3N8O2/c19-18(20,21)13(22)8-25-15(30)11-2-3-12-14(26-11)29(10-4-7-28(12)9-10)17(31)27-16-23-5-1-6-24-16/h1-3,5-6,10,13H,4,7-9,22H2,(H,25,30)(H,23,24,27,31)/t10-,13?/m0/s1. The van der Waals surface area contributed by atoms with Gasteiger partial charge >= 0.3 is 12.2 Å². The topological polar surface area (TPSA) is 129 Å². The van der Waals surface area contributed by atoms with E-state index in [1.807, 2.05) is 4.90 Å². The number of urea groups is 1. The van der Waals surface area contributed by atoms with Gasteiger partial charge in [-0.1, -0.05) is 0 Å². The Morgan fingerprint density at radius 2 is 2.00 bits per heavy atom. The number of amides is 3. The molecule has 2 bridgehead atoms. The number of anilines is 3. The largest absolute Gasteiger partial charge is 0.405 e. The SMILES string of the molecule is NC(CNC(=O)c1ccc2c(n1)N(C(=O)Nc1ncccn1)[C@H]1CCN2C1)C(F)(F)F. The van der Waals surface area contributed by atoms with E-state index >= 15 is 0 Å². The molecule has 1 saturated heterocycles. The number of nitrogens with zero attached hydrogens (tertiary/aromatic N) is 5. The Labute approximate surface area is 174 Å². The maximum Gasteiger partial charge on any atom is 0.405 e. The second-order valence-corrected chi connectivity index (χ2v) is 7.16. The first-order chi connectivity index (χ1) is 14.7.